The summed E-state index contributed by atoms with van der Waals surface area (Å²) in [5.74, 6) is 4.05. The summed E-state index contributed by atoms with van der Waals surface area (Å²) in [5.41, 5.74) is 3.11. The Balaban J connectivity index is 2.77. The van der Waals surface area contributed by atoms with Gasteiger partial charge in [-0.05, 0) is 31.0 Å². The van der Waals surface area contributed by atoms with Gasteiger partial charge in [-0.15, -0.1) is 0 Å². The molecule has 0 saturated heterocycles. The molecule has 0 bridgehead atoms. The van der Waals surface area contributed by atoms with E-state index in [0.717, 1.165) is 6.07 Å². The SMILES string of the molecule is CC(Cc1cc(F)cc(F)c1)NN. The third-order valence-electron chi connectivity index (χ3n) is 1.75. The molecule has 2 nitrogen and oxygen atoms in total. The number of hydrogen-bond donors (Lipinski definition) is 2. The van der Waals surface area contributed by atoms with E-state index in [1.807, 2.05) is 6.92 Å². The van der Waals surface area contributed by atoms with E-state index in [1.54, 1.807) is 0 Å². The van der Waals surface area contributed by atoms with E-state index in [9.17, 15) is 8.78 Å². The van der Waals surface area contributed by atoms with Gasteiger partial charge in [-0.3, -0.25) is 11.3 Å². The van der Waals surface area contributed by atoms with Gasteiger partial charge in [0.25, 0.3) is 0 Å². The lowest BCUT2D eigenvalue weighted by Gasteiger charge is -2.09. The minimum Gasteiger partial charge on any atom is -0.271 e. The van der Waals surface area contributed by atoms with Gasteiger partial charge >= 0.3 is 0 Å². The number of benzene rings is 1. The lowest BCUT2D eigenvalue weighted by Crippen LogP contribution is -2.34. The van der Waals surface area contributed by atoms with Crippen molar-refractivity contribution >= 4 is 0 Å². The summed E-state index contributed by atoms with van der Waals surface area (Å²) in [6.45, 7) is 1.84. The Hall–Kier alpha value is -1.00. The molecule has 1 unspecified atom stereocenters. The van der Waals surface area contributed by atoms with Crippen LogP contribution in [0.25, 0.3) is 0 Å². The first-order chi connectivity index (χ1) is 6.11. The van der Waals surface area contributed by atoms with Crippen molar-refractivity contribution in [2.24, 2.45) is 5.84 Å². The molecule has 0 aliphatic carbocycles. The van der Waals surface area contributed by atoms with Crippen molar-refractivity contribution in [2.45, 2.75) is 19.4 Å². The van der Waals surface area contributed by atoms with Crippen molar-refractivity contribution in [3.63, 3.8) is 0 Å². The van der Waals surface area contributed by atoms with Crippen LogP contribution in [0.15, 0.2) is 18.2 Å². The summed E-state index contributed by atoms with van der Waals surface area (Å²) >= 11 is 0. The summed E-state index contributed by atoms with van der Waals surface area (Å²) in [4.78, 5) is 0. The number of nitrogens with two attached hydrogens (primary N) is 1. The van der Waals surface area contributed by atoms with Gasteiger partial charge in [0.15, 0.2) is 0 Å². The van der Waals surface area contributed by atoms with Crippen LogP contribution in [0.4, 0.5) is 8.78 Å². The van der Waals surface area contributed by atoms with Gasteiger partial charge in [-0.25, -0.2) is 8.78 Å². The van der Waals surface area contributed by atoms with E-state index in [-0.39, 0.29) is 6.04 Å². The van der Waals surface area contributed by atoms with Gasteiger partial charge < -0.3 is 0 Å². The highest BCUT2D eigenvalue weighted by atomic mass is 19.1. The molecule has 3 N–H and O–H groups in total. The van der Waals surface area contributed by atoms with E-state index in [2.05, 4.69) is 5.43 Å². The van der Waals surface area contributed by atoms with Crippen LogP contribution >= 0.6 is 0 Å². The molecule has 1 aromatic rings. The van der Waals surface area contributed by atoms with E-state index < -0.39 is 11.6 Å². The van der Waals surface area contributed by atoms with Gasteiger partial charge in [0.1, 0.15) is 11.6 Å². The fourth-order valence-electron chi connectivity index (χ4n) is 1.14. The summed E-state index contributed by atoms with van der Waals surface area (Å²) < 4.78 is 25.4. The molecule has 0 spiro atoms. The van der Waals surface area contributed by atoms with Crippen molar-refractivity contribution < 1.29 is 8.78 Å². The van der Waals surface area contributed by atoms with Gasteiger partial charge in [0, 0.05) is 12.1 Å². The quantitative estimate of drug-likeness (QED) is 0.552. The monoisotopic (exact) mass is 186 g/mol. The summed E-state index contributed by atoms with van der Waals surface area (Å²) in [6.07, 6.45) is 0.505. The highest BCUT2D eigenvalue weighted by molar-refractivity contribution is 5.18. The molecule has 0 fully saturated rings. The third-order valence-corrected chi connectivity index (χ3v) is 1.75. The average Bonchev–Trinajstić information content (AvgIpc) is 2.02. The van der Waals surface area contributed by atoms with Crippen molar-refractivity contribution in [1.29, 1.82) is 0 Å². The van der Waals surface area contributed by atoms with Gasteiger partial charge in [0.2, 0.25) is 0 Å². The van der Waals surface area contributed by atoms with E-state index in [0.29, 0.717) is 12.0 Å². The number of nitrogens with one attached hydrogen (secondary N) is 1. The lowest BCUT2D eigenvalue weighted by atomic mass is 10.1. The minimum absolute atomic E-state index is 0.00111. The zero-order valence-corrected chi connectivity index (χ0v) is 7.35. The molecular weight excluding hydrogens is 174 g/mol. The average molecular weight is 186 g/mol. The van der Waals surface area contributed by atoms with Gasteiger partial charge in [0.05, 0.1) is 0 Å². The molecule has 0 heterocycles. The molecule has 0 aliphatic heterocycles. The molecular formula is C9H12F2N2. The minimum atomic E-state index is -0.556. The summed E-state index contributed by atoms with van der Waals surface area (Å²) in [5, 5.41) is 0. The van der Waals surface area contributed by atoms with Gasteiger partial charge in [-0.2, -0.15) is 0 Å². The van der Waals surface area contributed by atoms with E-state index >= 15 is 0 Å². The molecule has 1 atom stereocenters. The number of hydrogen-bond acceptors (Lipinski definition) is 2. The molecule has 0 saturated carbocycles. The molecule has 72 valence electrons. The summed E-state index contributed by atoms with van der Waals surface area (Å²) in [7, 11) is 0. The molecule has 1 aromatic carbocycles. The Morgan fingerprint density at radius 2 is 1.85 bits per heavy atom. The van der Waals surface area contributed by atoms with Crippen LogP contribution in [-0.4, -0.2) is 6.04 Å². The Morgan fingerprint density at radius 1 is 1.31 bits per heavy atom. The highest BCUT2D eigenvalue weighted by Gasteiger charge is 2.04. The van der Waals surface area contributed by atoms with Crippen LogP contribution in [0.1, 0.15) is 12.5 Å². The van der Waals surface area contributed by atoms with Crippen LogP contribution in [0.3, 0.4) is 0 Å². The first-order valence-electron chi connectivity index (χ1n) is 4.03. The molecule has 13 heavy (non-hydrogen) atoms. The molecule has 0 aromatic heterocycles. The Kier molecular flexibility index (Phi) is 3.33. The van der Waals surface area contributed by atoms with Crippen molar-refractivity contribution in [1.82, 2.24) is 5.43 Å². The topological polar surface area (TPSA) is 38.0 Å². The van der Waals surface area contributed by atoms with E-state index in [4.69, 9.17) is 5.84 Å². The maximum Gasteiger partial charge on any atom is 0.126 e. The Labute approximate surface area is 75.7 Å². The van der Waals surface area contributed by atoms with Crippen LogP contribution in [0.2, 0.25) is 0 Å². The van der Waals surface area contributed by atoms with Crippen LogP contribution in [0, 0.1) is 11.6 Å². The van der Waals surface area contributed by atoms with Crippen LogP contribution < -0.4 is 11.3 Å². The molecule has 1 rings (SSSR count). The smallest absolute Gasteiger partial charge is 0.126 e. The van der Waals surface area contributed by atoms with E-state index in [1.165, 1.54) is 12.1 Å². The number of halogens is 2. The number of hydrazine groups is 1. The Morgan fingerprint density at radius 3 is 2.31 bits per heavy atom. The van der Waals surface area contributed by atoms with Crippen molar-refractivity contribution in [3.05, 3.63) is 35.4 Å². The standard InChI is InChI=1S/C9H12F2N2/c1-6(13-12)2-7-3-8(10)5-9(11)4-7/h3-6,13H,2,12H2,1H3. The second kappa shape index (κ2) is 4.30. The second-order valence-electron chi connectivity index (χ2n) is 3.05. The zero-order valence-electron chi connectivity index (χ0n) is 7.35. The maximum atomic E-state index is 12.7. The normalized spacial score (nSPS) is 12.9. The van der Waals surface area contributed by atoms with Crippen LogP contribution in [-0.2, 0) is 6.42 Å². The maximum absolute atomic E-state index is 12.7. The predicted molar refractivity (Wildman–Crippen MR) is 46.8 cm³/mol. The summed E-state index contributed by atoms with van der Waals surface area (Å²) in [6, 6.07) is 3.46. The van der Waals surface area contributed by atoms with Gasteiger partial charge in [-0.1, -0.05) is 0 Å². The highest BCUT2D eigenvalue weighted by Crippen LogP contribution is 2.09. The number of rotatable bonds is 3. The first-order valence-corrected chi connectivity index (χ1v) is 4.03. The molecule has 0 aliphatic rings. The molecule has 0 amide bonds. The second-order valence-corrected chi connectivity index (χ2v) is 3.05. The lowest BCUT2D eigenvalue weighted by molar-refractivity contribution is 0.551. The molecule has 0 radical (unpaired) electrons. The fourth-order valence-corrected chi connectivity index (χ4v) is 1.14. The third kappa shape index (κ3) is 3.08. The Bertz CT molecular complexity index is 269. The largest absolute Gasteiger partial charge is 0.271 e. The van der Waals surface area contributed by atoms with Crippen molar-refractivity contribution in [2.75, 3.05) is 0 Å². The first kappa shape index (κ1) is 10.1. The van der Waals surface area contributed by atoms with Crippen molar-refractivity contribution in [3.8, 4) is 0 Å². The van der Waals surface area contributed by atoms with Crippen LogP contribution in [0.5, 0.6) is 0 Å². The fraction of sp³-hybridized carbons (Fsp3) is 0.333. The zero-order chi connectivity index (χ0) is 9.84. The molecule has 4 heteroatoms. The predicted octanol–water partition coefficient (Wildman–Crippen LogP) is 1.36.